The van der Waals surface area contributed by atoms with E-state index in [4.69, 9.17) is 5.73 Å². The third kappa shape index (κ3) is 2.50. The molecule has 1 saturated carbocycles. The first-order chi connectivity index (χ1) is 9.25. The molecular weight excluding hydrogens is 238 g/mol. The van der Waals surface area contributed by atoms with Gasteiger partial charge in [0.15, 0.2) is 5.78 Å². The number of nitrogens with one attached hydrogen (secondary N) is 1. The van der Waals surface area contributed by atoms with Crippen LogP contribution in [0.25, 0.3) is 0 Å². The number of fused-ring (bicyclic) bond motifs is 1. The van der Waals surface area contributed by atoms with E-state index in [0.717, 1.165) is 18.8 Å². The van der Waals surface area contributed by atoms with Crippen molar-refractivity contribution in [3.63, 3.8) is 0 Å². The minimum absolute atomic E-state index is 0.0779. The molecule has 0 amide bonds. The van der Waals surface area contributed by atoms with Crippen molar-refractivity contribution in [2.45, 2.75) is 50.6 Å². The van der Waals surface area contributed by atoms with Gasteiger partial charge in [0.1, 0.15) is 5.82 Å². The summed E-state index contributed by atoms with van der Waals surface area (Å²) in [6.07, 6.45) is 8.85. The Morgan fingerprint density at radius 2 is 2.11 bits per heavy atom. The van der Waals surface area contributed by atoms with Crippen LogP contribution in [0.3, 0.4) is 0 Å². The van der Waals surface area contributed by atoms with Crippen LogP contribution in [0, 0.1) is 5.92 Å². The maximum absolute atomic E-state index is 12.5. The van der Waals surface area contributed by atoms with Gasteiger partial charge >= 0.3 is 0 Å². The van der Waals surface area contributed by atoms with E-state index < -0.39 is 0 Å². The molecule has 0 aromatic carbocycles. The second kappa shape index (κ2) is 5.29. The maximum atomic E-state index is 12.5. The van der Waals surface area contributed by atoms with Crippen molar-refractivity contribution < 1.29 is 4.79 Å². The Hall–Kier alpha value is -1.42. The minimum Gasteiger partial charge on any atom is -0.383 e. The Bertz CT molecular complexity index is 474. The van der Waals surface area contributed by atoms with Crippen LogP contribution in [0.5, 0.6) is 0 Å². The molecule has 2 aliphatic rings. The van der Waals surface area contributed by atoms with Crippen molar-refractivity contribution in [3.8, 4) is 0 Å². The van der Waals surface area contributed by atoms with Gasteiger partial charge in [0.05, 0.1) is 11.6 Å². The highest BCUT2D eigenvalue weighted by Crippen LogP contribution is 2.33. The fourth-order valence-corrected chi connectivity index (χ4v) is 3.52. The van der Waals surface area contributed by atoms with Crippen molar-refractivity contribution >= 4 is 11.6 Å². The Morgan fingerprint density at radius 1 is 1.26 bits per heavy atom. The number of rotatable bonds is 2. The zero-order valence-corrected chi connectivity index (χ0v) is 11.1. The highest BCUT2D eigenvalue weighted by atomic mass is 16.1. The molecule has 0 radical (unpaired) electrons. The molecule has 2 fully saturated rings. The van der Waals surface area contributed by atoms with E-state index in [1.807, 2.05) is 0 Å². The summed E-state index contributed by atoms with van der Waals surface area (Å²) in [6, 6.07) is 4.00. The molecule has 4 nitrogen and oxygen atoms in total. The molecule has 4 heteroatoms. The number of hydrogen-bond acceptors (Lipinski definition) is 4. The number of ketones is 1. The number of pyridine rings is 1. The molecule has 1 aromatic heterocycles. The van der Waals surface area contributed by atoms with Crippen molar-refractivity contribution in [1.82, 2.24) is 10.3 Å². The molecule has 2 heterocycles. The predicted octanol–water partition coefficient (Wildman–Crippen LogP) is 2.16. The van der Waals surface area contributed by atoms with Crippen LogP contribution in [0.2, 0.25) is 0 Å². The summed E-state index contributed by atoms with van der Waals surface area (Å²) in [5.41, 5.74) is 6.36. The number of hydrogen-bond donors (Lipinski definition) is 2. The van der Waals surface area contributed by atoms with E-state index in [1.54, 1.807) is 18.3 Å². The van der Waals surface area contributed by atoms with Gasteiger partial charge in [-0.1, -0.05) is 12.8 Å². The maximum Gasteiger partial charge on any atom is 0.183 e. The molecule has 1 aromatic rings. The normalized spacial score (nSPS) is 30.6. The molecule has 3 atom stereocenters. The van der Waals surface area contributed by atoms with Crippen LogP contribution in [0.1, 0.15) is 48.9 Å². The summed E-state index contributed by atoms with van der Waals surface area (Å²) in [6.45, 7) is 0. The summed E-state index contributed by atoms with van der Waals surface area (Å²) in [5, 5.41) is 3.55. The van der Waals surface area contributed by atoms with E-state index in [1.165, 1.54) is 25.7 Å². The average Bonchev–Trinajstić information content (AvgIpc) is 2.46. The smallest absolute Gasteiger partial charge is 0.183 e. The Morgan fingerprint density at radius 3 is 2.95 bits per heavy atom. The SMILES string of the molecule is Nc1ncccc1C(=O)C1CCC2CCCCC2N1. The lowest BCUT2D eigenvalue weighted by Crippen LogP contribution is -2.52. The van der Waals surface area contributed by atoms with E-state index in [2.05, 4.69) is 10.3 Å². The zero-order chi connectivity index (χ0) is 13.2. The summed E-state index contributed by atoms with van der Waals surface area (Å²) in [7, 11) is 0. The third-order valence-electron chi connectivity index (χ3n) is 4.57. The first-order valence-corrected chi connectivity index (χ1v) is 7.26. The number of carbonyl (C=O) groups excluding carboxylic acids is 1. The van der Waals surface area contributed by atoms with E-state index in [-0.39, 0.29) is 11.8 Å². The number of nitrogen functional groups attached to an aromatic ring is 1. The molecule has 0 spiro atoms. The van der Waals surface area contributed by atoms with Crippen LogP contribution in [0.15, 0.2) is 18.3 Å². The van der Waals surface area contributed by atoms with Crippen molar-refractivity contribution in [2.75, 3.05) is 5.73 Å². The van der Waals surface area contributed by atoms with Gasteiger partial charge in [0, 0.05) is 12.2 Å². The molecular formula is C15H21N3O. The predicted molar refractivity (Wildman–Crippen MR) is 74.9 cm³/mol. The van der Waals surface area contributed by atoms with Gasteiger partial charge in [-0.15, -0.1) is 0 Å². The van der Waals surface area contributed by atoms with Gasteiger partial charge in [-0.05, 0) is 43.7 Å². The average molecular weight is 259 g/mol. The monoisotopic (exact) mass is 259 g/mol. The quantitative estimate of drug-likeness (QED) is 0.799. The van der Waals surface area contributed by atoms with Crippen molar-refractivity contribution in [1.29, 1.82) is 0 Å². The standard InChI is InChI=1S/C15H21N3O/c16-15-11(5-3-9-17-15)14(19)13-8-7-10-4-1-2-6-12(10)18-13/h3,5,9-10,12-13,18H,1-2,4,6-8H2,(H2,16,17). The first kappa shape index (κ1) is 12.6. The van der Waals surface area contributed by atoms with Crippen LogP contribution in [0.4, 0.5) is 5.82 Å². The van der Waals surface area contributed by atoms with Crippen molar-refractivity contribution in [2.24, 2.45) is 5.92 Å². The van der Waals surface area contributed by atoms with Gasteiger partial charge in [0.25, 0.3) is 0 Å². The van der Waals surface area contributed by atoms with Gasteiger partial charge in [0.2, 0.25) is 0 Å². The minimum atomic E-state index is -0.0779. The van der Waals surface area contributed by atoms with Gasteiger partial charge in [-0.3, -0.25) is 4.79 Å². The van der Waals surface area contributed by atoms with Crippen LogP contribution in [-0.4, -0.2) is 22.9 Å². The molecule has 3 unspecified atom stereocenters. The number of Topliss-reactive ketones (excluding diaryl/α,β-unsaturated/α-hetero) is 1. The van der Waals surface area contributed by atoms with Crippen molar-refractivity contribution in [3.05, 3.63) is 23.9 Å². The molecule has 0 bridgehead atoms. The Kier molecular flexibility index (Phi) is 3.51. The zero-order valence-electron chi connectivity index (χ0n) is 11.1. The summed E-state index contributed by atoms with van der Waals surface area (Å²) in [4.78, 5) is 16.5. The fourth-order valence-electron chi connectivity index (χ4n) is 3.52. The second-order valence-electron chi connectivity index (χ2n) is 5.75. The molecule has 1 aliphatic carbocycles. The van der Waals surface area contributed by atoms with E-state index >= 15 is 0 Å². The third-order valence-corrected chi connectivity index (χ3v) is 4.57. The lowest BCUT2D eigenvalue weighted by Gasteiger charge is -2.40. The molecule has 19 heavy (non-hydrogen) atoms. The van der Waals surface area contributed by atoms with Gasteiger partial charge in [-0.2, -0.15) is 0 Å². The van der Waals surface area contributed by atoms with E-state index in [0.29, 0.717) is 17.4 Å². The number of nitrogens with two attached hydrogens (primary N) is 1. The Labute approximate surface area is 113 Å². The first-order valence-electron chi connectivity index (χ1n) is 7.26. The highest BCUT2D eigenvalue weighted by Gasteiger charge is 2.35. The lowest BCUT2D eigenvalue weighted by atomic mass is 9.77. The summed E-state index contributed by atoms with van der Waals surface area (Å²) >= 11 is 0. The largest absolute Gasteiger partial charge is 0.383 e. The summed E-state index contributed by atoms with van der Waals surface area (Å²) in [5.74, 6) is 1.22. The topological polar surface area (TPSA) is 68.0 Å². The van der Waals surface area contributed by atoms with E-state index in [9.17, 15) is 4.79 Å². The van der Waals surface area contributed by atoms with Gasteiger partial charge in [-0.25, -0.2) is 4.98 Å². The molecule has 102 valence electrons. The number of carbonyl (C=O) groups is 1. The molecule has 1 saturated heterocycles. The fraction of sp³-hybridized carbons (Fsp3) is 0.600. The number of piperidine rings is 1. The second-order valence-corrected chi connectivity index (χ2v) is 5.75. The highest BCUT2D eigenvalue weighted by molar-refractivity contribution is 6.03. The van der Waals surface area contributed by atoms with Crippen LogP contribution >= 0.6 is 0 Å². The van der Waals surface area contributed by atoms with Gasteiger partial charge < -0.3 is 11.1 Å². The molecule has 3 N–H and O–H groups in total. The molecule has 3 rings (SSSR count). The molecule has 1 aliphatic heterocycles. The summed E-state index contributed by atoms with van der Waals surface area (Å²) < 4.78 is 0. The lowest BCUT2D eigenvalue weighted by molar-refractivity contribution is 0.0862. The number of nitrogens with zero attached hydrogens (tertiary/aromatic N) is 1. The van der Waals surface area contributed by atoms with Crippen LogP contribution in [-0.2, 0) is 0 Å². The number of aromatic nitrogens is 1. The number of anilines is 1. The van der Waals surface area contributed by atoms with Crippen LogP contribution < -0.4 is 11.1 Å². The Balaban J connectivity index is 1.73.